The van der Waals surface area contributed by atoms with Gasteiger partial charge in [0.2, 0.25) is 0 Å². The summed E-state index contributed by atoms with van der Waals surface area (Å²) in [5.41, 5.74) is 8.24. The number of hydrogen-bond donors (Lipinski definition) is 5. The van der Waals surface area contributed by atoms with Gasteiger partial charge < -0.3 is 36.1 Å². The smallest absolute Gasteiger partial charge is 0.407 e. The van der Waals surface area contributed by atoms with Gasteiger partial charge in [0.05, 0.1) is 6.73 Å². The second-order valence-electron chi connectivity index (χ2n) is 9.47. The highest BCUT2D eigenvalue weighted by atomic mass is 16.6. The van der Waals surface area contributed by atoms with E-state index in [4.69, 9.17) is 14.6 Å². The largest absolute Gasteiger partial charge is 0.480 e. The maximum atomic E-state index is 12.4. The predicted octanol–water partition coefficient (Wildman–Crippen LogP) is 3.57. The van der Waals surface area contributed by atoms with E-state index in [1.165, 1.54) is 0 Å². The Hall–Kier alpha value is -3.63. The number of unbranched alkanes of at least 4 members (excludes halogenated alkanes) is 1. The number of carbonyl (C=O) groups excluding carboxylic acids is 2. The van der Waals surface area contributed by atoms with E-state index in [0.717, 1.165) is 22.3 Å². The average Bonchev–Trinajstić information content (AvgIpc) is 3.15. The fourth-order valence-corrected chi connectivity index (χ4v) is 4.02. The topological polar surface area (TPSA) is 160 Å². The van der Waals surface area contributed by atoms with Gasteiger partial charge in [-0.05, 0) is 62.3 Å². The Labute approximate surface area is 217 Å². The van der Waals surface area contributed by atoms with Gasteiger partial charge in [0, 0.05) is 12.5 Å². The van der Waals surface area contributed by atoms with Crippen LogP contribution in [0.2, 0.25) is 0 Å². The molecule has 0 aliphatic heterocycles. The van der Waals surface area contributed by atoms with Crippen LogP contribution in [0.25, 0.3) is 11.1 Å². The summed E-state index contributed by atoms with van der Waals surface area (Å²) < 4.78 is 10.6. The zero-order valence-corrected chi connectivity index (χ0v) is 21.5. The van der Waals surface area contributed by atoms with Gasteiger partial charge in [0.15, 0.2) is 0 Å². The minimum Gasteiger partial charge on any atom is -0.480 e. The van der Waals surface area contributed by atoms with Crippen LogP contribution in [-0.2, 0) is 14.3 Å². The third-order valence-corrected chi connectivity index (χ3v) is 5.52. The van der Waals surface area contributed by atoms with Crippen LogP contribution in [0.15, 0.2) is 48.5 Å². The Bertz CT molecular complexity index is 1010. The molecule has 2 aromatic rings. The van der Waals surface area contributed by atoms with Crippen molar-refractivity contribution < 1.29 is 34.1 Å². The van der Waals surface area contributed by atoms with Gasteiger partial charge in [-0.2, -0.15) is 0 Å². The van der Waals surface area contributed by atoms with E-state index in [0.29, 0.717) is 19.4 Å². The molecule has 3 rings (SSSR count). The summed E-state index contributed by atoms with van der Waals surface area (Å²) in [4.78, 5) is 35.6. The van der Waals surface area contributed by atoms with Gasteiger partial charge in [-0.25, -0.2) is 14.4 Å². The zero-order chi connectivity index (χ0) is 27.4. The highest BCUT2D eigenvalue weighted by Crippen LogP contribution is 2.44. The molecule has 6 N–H and O–H groups in total. The molecule has 202 valence electrons. The Morgan fingerprint density at radius 1 is 0.973 bits per heavy atom. The molecule has 1 aliphatic rings. The number of carbonyl (C=O) groups is 3. The number of benzene rings is 2. The van der Waals surface area contributed by atoms with Crippen molar-refractivity contribution >= 4 is 18.2 Å². The second kappa shape index (κ2) is 14.2. The molecule has 0 heterocycles. The molecule has 2 aromatic carbocycles. The summed E-state index contributed by atoms with van der Waals surface area (Å²) in [6.07, 6.45) is -0.0124. The van der Waals surface area contributed by atoms with E-state index in [9.17, 15) is 19.5 Å². The highest BCUT2D eigenvalue weighted by molar-refractivity contribution is 5.81. The van der Waals surface area contributed by atoms with Crippen LogP contribution in [0.1, 0.15) is 57.1 Å². The number of nitrogens with one attached hydrogen (secondary N) is 2. The Kier molecular flexibility index (Phi) is 11.4. The number of hydrogen-bond acceptors (Lipinski definition) is 7. The molecule has 0 saturated heterocycles. The van der Waals surface area contributed by atoms with Crippen molar-refractivity contribution in [3.63, 3.8) is 0 Å². The molecular formula is C27H37N3O7. The number of alkyl carbamates (subject to hydrolysis) is 2. The first-order valence-corrected chi connectivity index (χ1v) is 12.2. The van der Waals surface area contributed by atoms with Crippen LogP contribution in [-0.4, -0.2) is 59.9 Å². The van der Waals surface area contributed by atoms with Gasteiger partial charge in [-0.15, -0.1) is 0 Å². The first-order valence-electron chi connectivity index (χ1n) is 12.2. The zero-order valence-electron chi connectivity index (χ0n) is 21.5. The second-order valence-corrected chi connectivity index (χ2v) is 9.47. The number of fused-ring (bicyclic) bond motifs is 3. The van der Waals surface area contributed by atoms with Crippen molar-refractivity contribution in [1.82, 2.24) is 10.6 Å². The molecule has 0 bridgehead atoms. The van der Waals surface area contributed by atoms with Gasteiger partial charge in [0.25, 0.3) is 0 Å². The van der Waals surface area contributed by atoms with Crippen molar-refractivity contribution in [2.75, 3.05) is 19.9 Å². The Morgan fingerprint density at radius 3 is 2.03 bits per heavy atom. The van der Waals surface area contributed by atoms with Gasteiger partial charge in [-0.3, -0.25) is 0 Å². The van der Waals surface area contributed by atoms with Crippen LogP contribution in [0.3, 0.4) is 0 Å². The molecule has 1 aliphatic carbocycles. The number of aliphatic carboxylic acids is 1. The monoisotopic (exact) mass is 515 g/mol. The summed E-state index contributed by atoms with van der Waals surface area (Å²) in [6.45, 7) is 5.55. The molecule has 37 heavy (non-hydrogen) atoms. The summed E-state index contributed by atoms with van der Waals surface area (Å²) in [5.74, 6) is -1.23. The number of aliphatic hydroxyl groups is 1. The summed E-state index contributed by atoms with van der Waals surface area (Å²) >= 11 is 0. The standard InChI is InChI=1S/C26H32N2O6.CH5NO/c1-26(2,3)34-24(31)27-15-9-8-14-22(23(29)30)28-25(32)33-16-21-19-12-6-4-10-17(19)18-11-5-7-13-20(18)21;2-1-3/h4-7,10-13,21-22H,8-9,14-16H2,1-3H3,(H,27,31)(H,28,32)(H,29,30);3H,1-2H2. The molecule has 10 heteroatoms. The number of carboxylic acid groups (broad SMARTS) is 1. The number of aliphatic hydroxyl groups excluding tert-OH is 1. The fourth-order valence-electron chi connectivity index (χ4n) is 4.02. The molecule has 0 fully saturated rings. The quantitative estimate of drug-likeness (QED) is 0.250. The maximum absolute atomic E-state index is 12.4. The van der Waals surface area contributed by atoms with Crippen molar-refractivity contribution in [3.8, 4) is 11.1 Å². The third-order valence-electron chi connectivity index (χ3n) is 5.52. The first kappa shape index (κ1) is 29.6. The maximum Gasteiger partial charge on any atom is 0.407 e. The van der Waals surface area contributed by atoms with E-state index >= 15 is 0 Å². The van der Waals surface area contributed by atoms with Crippen molar-refractivity contribution in [2.24, 2.45) is 5.73 Å². The van der Waals surface area contributed by atoms with E-state index < -0.39 is 29.8 Å². The molecule has 0 radical (unpaired) electrons. The lowest BCUT2D eigenvalue weighted by Gasteiger charge is -2.20. The highest BCUT2D eigenvalue weighted by Gasteiger charge is 2.29. The molecule has 1 unspecified atom stereocenters. The number of amides is 2. The molecular weight excluding hydrogens is 478 g/mol. The molecule has 0 saturated carbocycles. The van der Waals surface area contributed by atoms with Crippen LogP contribution >= 0.6 is 0 Å². The molecule has 2 amide bonds. The Balaban J connectivity index is 0.00000153. The minimum atomic E-state index is -1.13. The van der Waals surface area contributed by atoms with Crippen LogP contribution in [0.5, 0.6) is 0 Å². The number of ether oxygens (including phenoxy) is 2. The number of carboxylic acids is 1. The molecule has 1 atom stereocenters. The van der Waals surface area contributed by atoms with Crippen LogP contribution < -0.4 is 16.4 Å². The SMILES string of the molecule is CC(C)(C)OC(=O)NCCCCC(NC(=O)OCC1c2ccccc2-c2ccccc21)C(=O)O.NCO. The van der Waals surface area contributed by atoms with E-state index in [1.54, 1.807) is 20.8 Å². The van der Waals surface area contributed by atoms with Crippen molar-refractivity contribution in [1.29, 1.82) is 0 Å². The van der Waals surface area contributed by atoms with Crippen molar-refractivity contribution in [2.45, 2.75) is 57.6 Å². The van der Waals surface area contributed by atoms with Crippen LogP contribution in [0.4, 0.5) is 9.59 Å². The van der Waals surface area contributed by atoms with Crippen molar-refractivity contribution in [3.05, 3.63) is 59.7 Å². The van der Waals surface area contributed by atoms with Gasteiger partial charge >= 0.3 is 18.2 Å². The summed E-state index contributed by atoms with van der Waals surface area (Å²) in [6, 6.07) is 14.9. The van der Waals surface area contributed by atoms with Crippen LogP contribution in [0, 0.1) is 0 Å². The molecule has 0 spiro atoms. The van der Waals surface area contributed by atoms with E-state index in [1.807, 2.05) is 48.5 Å². The normalized spacial score (nSPS) is 12.8. The number of rotatable bonds is 9. The van der Waals surface area contributed by atoms with E-state index in [2.05, 4.69) is 16.4 Å². The first-order chi connectivity index (χ1) is 17.6. The molecule has 10 nitrogen and oxygen atoms in total. The minimum absolute atomic E-state index is 0.0969. The fraction of sp³-hybridized carbons (Fsp3) is 0.444. The number of nitrogens with two attached hydrogens (primary N) is 1. The van der Waals surface area contributed by atoms with Gasteiger partial charge in [0.1, 0.15) is 18.2 Å². The third kappa shape index (κ3) is 9.40. The lowest BCUT2D eigenvalue weighted by atomic mass is 9.98. The summed E-state index contributed by atoms with van der Waals surface area (Å²) in [5, 5.41) is 21.9. The van der Waals surface area contributed by atoms with E-state index in [-0.39, 0.29) is 25.7 Å². The lowest BCUT2D eigenvalue weighted by Crippen LogP contribution is -2.41. The predicted molar refractivity (Wildman–Crippen MR) is 139 cm³/mol. The lowest BCUT2D eigenvalue weighted by molar-refractivity contribution is -0.139. The molecule has 0 aromatic heterocycles. The van der Waals surface area contributed by atoms with Gasteiger partial charge in [-0.1, -0.05) is 48.5 Å². The summed E-state index contributed by atoms with van der Waals surface area (Å²) in [7, 11) is 0. The Morgan fingerprint density at radius 2 is 1.51 bits per heavy atom. The average molecular weight is 516 g/mol.